The zero-order valence-corrected chi connectivity index (χ0v) is 17.9. The molecule has 0 aromatic heterocycles. The van der Waals surface area contributed by atoms with Crippen LogP contribution in [0.15, 0.2) is 58.3 Å². The van der Waals surface area contributed by atoms with Crippen LogP contribution < -0.4 is 4.72 Å². The van der Waals surface area contributed by atoms with Gasteiger partial charge in [-0.25, -0.2) is 16.8 Å². The first-order valence-electron chi connectivity index (χ1n) is 9.25. The Bertz CT molecular complexity index is 1130. The van der Waals surface area contributed by atoms with Crippen LogP contribution in [0, 0.1) is 23.2 Å². The molecule has 1 N–H and O–H groups in total. The highest BCUT2D eigenvalue weighted by molar-refractivity contribution is 7.92. The molecule has 1 aliphatic rings. The Kier molecular flexibility index (Phi) is 5.98. The van der Waals surface area contributed by atoms with E-state index in [1.807, 2.05) is 19.9 Å². The highest BCUT2D eigenvalue weighted by Crippen LogP contribution is 2.27. The molecule has 0 bridgehead atoms. The van der Waals surface area contributed by atoms with E-state index in [0.29, 0.717) is 13.1 Å². The average Bonchev–Trinajstić information content (AvgIpc) is 2.67. The van der Waals surface area contributed by atoms with Gasteiger partial charge in [-0.05, 0) is 54.7 Å². The van der Waals surface area contributed by atoms with Gasteiger partial charge in [-0.3, -0.25) is 4.72 Å². The lowest BCUT2D eigenvalue weighted by molar-refractivity contribution is 0.222. The van der Waals surface area contributed by atoms with Crippen molar-refractivity contribution in [3.8, 4) is 6.07 Å². The number of sulfonamides is 2. The van der Waals surface area contributed by atoms with Gasteiger partial charge in [0.05, 0.1) is 21.0 Å². The second-order valence-electron chi connectivity index (χ2n) is 7.50. The van der Waals surface area contributed by atoms with Gasteiger partial charge >= 0.3 is 0 Å². The Labute approximate surface area is 172 Å². The summed E-state index contributed by atoms with van der Waals surface area (Å²) in [5, 5.41) is 9.12. The number of nitriles is 1. The third-order valence-electron chi connectivity index (χ3n) is 4.90. The van der Waals surface area contributed by atoms with Crippen LogP contribution in [-0.2, 0) is 20.0 Å². The zero-order chi connectivity index (χ0) is 21.2. The molecule has 9 heteroatoms. The normalized spacial score (nSPS) is 20.7. The summed E-state index contributed by atoms with van der Waals surface area (Å²) >= 11 is 0. The van der Waals surface area contributed by atoms with E-state index in [4.69, 9.17) is 5.26 Å². The van der Waals surface area contributed by atoms with Crippen LogP contribution in [0.5, 0.6) is 0 Å². The predicted molar refractivity (Wildman–Crippen MR) is 110 cm³/mol. The Morgan fingerprint density at radius 1 is 0.931 bits per heavy atom. The van der Waals surface area contributed by atoms with Gasteiger partial charge in [-0.15, -0.1) is 0 Å². The van der Waals surface area contributed by atoms with Gasteiger partial charge in [0.15, 0.2) is 0 Å². The summed E-state index contributed by atoms with van der Waals surface area (Å²) in [6.07, 6.45) is 0.985. The van der Waals surface area contributed by atoms with Gasteiger partial charge in [0, 0.05) is 13.1 Å². The van der Waals surface area contributed by atoms with Crippen molar-refractivity contribution >= 4 is 25.7 Å². The molecule has 0 saturated carbocycles. The average molecular weight is 434 g/mol. The summed E-state index contributed by atoms with van der Waals surface area (Å²) < 4.78 is 55.0. The molecule has 0 unspecified atom stereocenters. The van der Waals surface area contributed by atoms with Crippen LogP contribution in [0.2, 0.25) is 0 Å². The third kappa shape index (κ3) is 4.61. The van der Waals surface area contributed by atoms with E-state index in [1.165, 1.54) is 40.7 Å². The van der Waals surface area contributed by atoms with Gasteiger partial charge in [-0.2, -0.15) is 9.57 Å². The van der Waals surface area contributed by atoms with Crippen molar-refractivity contribution in [2.24, 2.45) is 11.8 Å². The second-order valence-corrected chi connectivity index (χ2v) is 11.1. The number of anilines is 1. The van der Waals surface area contributed by atoms with Crippen molar-refractivity contribution in [1.29, 1.82) is 5.26 Å². The number of nitrogens with one attached hydrogen (secondary N) is 1. The number of benzene rings is 2. The van der Waals surface area contributed by atoms with Crippen molar-refractivity contribution in [2.75, 3.05) is 17.8 Å². The van der Waals surface area contributed by atoms with Gasteiger partial charge < -0.3 is 0 Å². The maximum Gasteiger partial charge on any atom is 0.261 e. The maximum atomic E-state index is 12.9. The monoisotopic (exact) mass is 433 g/mol. The minimum Gasteiger partial charge on any atom is -0.278 e. The Balaban J connectivity index is 1.85. The number of hydrogen-bond donors (Lipinski definition) is 1. The lowest BCUT2D eigenvalue weighted by Gasteiger charge is -2.34. The van der Waals surface area contributed by atoms with Gasteiger partial charge in [0.1, 0.15) is 6.07 Å². The van der Waals surface area contributed by atoms with E-state index in [9.17, 15) is 16.8 Å². The number of nitrogens with zero attached hydrogens (tertiary/aromatic N) is 2. The topological polar surface area (TPSA) is 107 Å². The molecule has 2 aromatic rings. The lowest BCUT2D eigenvalue weighted by atomic mass is 9.94. The van der Waals surface area contributed by atoms with Crippen LogP contribution in [0.3, 0.4) is 0 Å². The van der Waals surface area contributed by atoms with Crippen LogP contribution in [0.25, 0.3) is 0 Å². The summed E-state index contributed by atoms with van der Waals surface area (Å²) in [7, 11) is -7.64. The summed E-state index contributed by atoms with van der Waals surface area (Å²) in [4.78, 5) is -0.0141. The first-order chi connectivity index (χ1) is 13.6. The summed E-state index contributed by atoms with van der Waals surface area (Å²) in [6.45, 7) is 4.97. The third-order valence-corrected chi connectivity index (χ3v) is 8.13. The van der Waals surface area contributed by atoms with E-state index in [1.54, 1.807) is 12.1 Å². The highest BCUT2D eigenvalue weighted by atomic mass is 32.2. The van der Waals surface area contributed by atoms with Crippen molar-refractivity contribution < 1.29 is 16.8 Å². The molecular formula is C20H23N3O4S2. The summed E-state index contributed by atoms with van der Waals surface area (Å²) in [5.74, 6) is 0.551. The van der Waals surface area contributed by atoms with Crippen LogP contribution >= 0.6 is 0 Å². The van der Waals surface area contributed by atoms with Gasteiger partial charge in [0.2, 0.25) is 10.0 Å². The smallest absolute Gasteiger partial charge is 0.261 e. The predicted octanol–water partition coefficient (Wildman–Crippen LogP) is 3.03. The molecule has 0 radical (unpaired) electrons. The fourth-order valence-corrected chi connectivity index (χ4v) is 6.37. The van der Waals surface area contributed by atoms with Crippen molar-refractivity contribution in [3.63, 3.8) is 0 Å². The van der Waals surface area contributed by atoms with Crippen LogP contribution in [-0.4, -0.2) is 34.2 Å². The number of piperidine rings is 1. The SMILES string of the molecule is C[C@@H]1C[C@@H](C)CN(S(=O)(=O)c2ccc(S(=O)(=O)Nc3ccccc3C#N)cc2)C1. The Morgan fingerprint density at radius 3 is 2.07 bits per heavy atom. The molecule has 0 amide bonds. The van der Waals surface area contributed by atoms with Crippen molar-refractivity contribution in [3.05, 3.63) is 54.1 Å². The quantitative estimate of drug-likeness (QED) is 0.780. The molecule has 1 saturated heterocycles. The molecule has 2 atom stereocenters. The maximum absolute atomic E-state index is 12.9. The zero-order valence-electron chi connectivity index (χ0n) is 16.2. The largest absolute Gasteiger partial charge is 0.278 e. The lowest BCUT2D eigenvalue weighted by Crippen LogP contribution is -2.42. The number of para-hydroxylation sites is 1. The molecule has 29 heavy (non-hydrogen) atoms. The Hall–Kier alpha value is -2.41. The van der Waals surface area contributed by atoms with Gasteiger partial charge in [0.25, 0.3) is 10.0 Å². The van der Waals surface area contributed by atoms with Gasteiger partial charge in [-0.1, -0.05) is 26.0 Å². The molecule has 3 rings (SSSR count). The molecule has 1 aliphatic heterocycles. The first-order valence-corrected chi connectivity index (χ1v) is 12.2. The Morgan fingerprint density at radius 2 is 1.48 bits per heavy atom. The fourth-order valence-electron chi connectivity index (χ4n) is 3.62. The van der Waals surface area contributed by atoms with Crippen molar-refractivity contribution in [1.82, 2.24) is 4.31 Å². The second kappa shape index (κ2) is 8.14. The first kappa shape index (κ1) is 21.3. The molecule has 7 nitrogen and oxygen atoms in total. The molecule has 0 spiro atoms. The summed E-state index contributed by atoms with van der Waals surface area (Å²) in [5.41, 5.74) is 0.367. The van der Waals surface area contributed by atoms with E-state index in [-0.39, 0.29) is 32.9 Å². The molecule has 1 heterocycles. The van der Waals surface area contributed by atoms with E-state index < -0.39 is 20.0 Å². The van der Waals surface area contributed by atoms with E-state index in [0.717, 1.165) is 6.42 Å². The van der Waals surface area contributed by atoms with E-state index >= 15 is 0 Å². The van der Waals surface area contributed by atoms with Crippen LogP contribution in [0.4, 0.5) is 5.69 Å². The molecule has 1 fully saturated rings. The minimum absolute atomic E-state index is 0.0650. The summed E-state index contributed by atoms with van der Waals surface area (Å²) in [6, 6.07) is 13.3. The standard InChI is InChI=1S/C20H23N3O4S2/c1-15-11-16(2)14-23(13-15)29(26,27)19-9-7-18(8-10-19)28(24,25)22-20-6-4-3-5-17(20)12-21/h3-10,15-16,22H,11,13-14H2,1-2H3/t15-,16-/m1/s1. The van der Waals surface area contributed by atoms with E-state index in [2.05, 4.69) is 4.72 Å². The molecule has 0 aliphatic carbocycles. The fraction of sp³-hybridized carbons (Fsp3) is 0.350. The molecule has 2 aromatic carbocycles. The molecule has 154 valence electrons. The number of rotatable bonds is 5. The minimum atomic E-state index is -3.96. The van der Waals surface area contributed by atoms with Crippen LogP contribution in [0.1, 0.15) is 25.8 Å². The number of hydrogen-bond acceptors (Lipinski definition) is 5. The van der Waals surface area contributed by atoms with Crippen molar-refractivity contribution in [2.45, 2.75) is 30.1 Å². The molecular weight excluding hydrogens is 410 g/mol. The highest BCUT2D eigenvalue weighted by Gasteiger charge is 2.31.